The summed E-state index contributed by atoms with van der Waals surface area (Å²) in [7, 11) is 0. The van der Waals surface area contributed by atoms with Crippen LogP contribution in [0.2, 0.25) is 0 Å². The van der Waals surface area contributed by atoms with Crippen molar-refractivity contribution in [1.29, 1.82) is 0 Å². The number of nitrogens with zero attached hydrogens (tertiary/aromatic N) is 2. The third-order valence-corrected chi connectivity index (χ3v) is 3.31. The van der Waals surface area contributed by atoms with Crippen LogP contribution in [0.3, 0.4) is 0 Å². The van der Waals surface area contributed by atoms with Gasteiger partial charge >= 0.3 is 0 Å². The first-order chi connectivity index (χ1) is 8.25. The molecule has 0 aromatic carbocycles. The largest absolute Gasteiger partial charge is 0.352 e. The molecule has 94 valence electrons. The first kappa shape index (κ1) is 12.1. The maximum atomic E-state index is 11.4. The van der Waals surface area contributed by atoms with E-state index in [-0.39, 0.29) is 5.56 Å². The third-order valence-electron chi connectivity index (χ3n) is 3.31. The monoisotopic (exact) mass is 236 g/mol. The molecule has 1 aromatic rings. The van der Waals surface area contributed by atoms with E-state index < -0.39 is 0 Å². The topological polar surface area (TPSA) is 70.7 Å². The molecule has 0 saturated heterocycles. The average molecular weight is 236 g/mol. The summed E-state index contributed by atoms with van der Waals surface area (Å²) < 4.78 is 0. The van der Waals surface area contributed by atoms with Crippen LogP contribution >= 0.6 is 0 Å². The molecule has 0 amide bonds. The number of nitrogens with one attached hydrogen (secondary N) is 2. The Labute approximate surface area is 101 Å². The molecular formula is C12H20N4O. The Balaban J connectivity index is 1.98. The van der Waals surface area contributed by atoms with Crippen LogP contribution in [0.4, 0.5) is 5.95 Å². The zero-order valence-electron chi connectivity index (χ0n) is 10.3. The Morgan fingerprint density at radius 2 is 1.76 bits per heavy atom. The fourth-order valence-electron chi connectivity index (χ4n) is 2.25. The number of anilines is 1. The van der Waals surface area contributed by atoms with Crippen molar-refractivity contribution in [2.45, 2.75) is 57.9 Å². The van der Waals surface area contributed by atoms with Crippen molar-refractivity contribution >= 4 is 5.95 Å². The molecule has 1 saturated carbocycles. The molecule has 2 rings (SSSR count). The lowest BCUT2D eigenvalue weighted by molar-refractivity contribution is 0.469. The van der Waals surface area contributed by atoms with E-state index in [4.69, 9.17) is 0 Å². The van der Waals surface area contributed by atoms with Crippen molar-refractivity contribution in [1.82, 2.24) is 15.2 Å². The SMILES string of the molecule is Cc1nnc(NC2CCCCCCC2)[nH]c1=O. The Morgan fingerprint density at radius 1 is 1.12 bits per heavy atom. The first-order valence-electron chi connectivity index (χ1n) is 6.46. The van der Waals surface area contributed by atoms with Gasteiger partial charge < -0.3 is 5.32 Å². The highest BCUT2D eigenvalue weighted by Crippen LogP contribution is 2.18. The number of aromatic amines is 1. The molecule has 1 fully saturated rings. The summed E-state index contributed by atoms with van der Waals surface area (Å²) in [5, 5.41) is 11.1. The van der Waals surface area contributed by atoms with E-state index in [1.807, 2.05) is 0 Å². The molecule has 0 unspecified atom stereocenters. The second-order valence-electron chi connectivity index (χ2n) is 4.77. The molecule has 0 bridgehead atoms. The molecule has 1 heterocycles. The normalized spacial score (nSPS) is 18.4. The van der Waals surface area contributed by atoms with Gasteiger partial charge in [0.05, 0.1) is 0 Å². The smallest absolute Gasteiger partial charge is 0.273 e. The van der Waals surface area contributed by atoms with Gasteiger partial charge in [-0.3, -0.25) is 9.78 Å². The molecule has 0 spiro atoms. The minimum absolute atomic E-state index is 0.159. The third kappa shape index (κ3) is 3.54. The van der Waals surface area contributed by atoms with Gasteiger partial charge in [-0.15, -0.1) is 10.2 Å². The highest BCUT2D eigenvalue weighted by Gasteiger charge is 2.12. The average Bonchev–Trinajstić information content (AvgIpc) is 2.27. The second kappa shape index (κ2) is 5.80. The van der Waals surface area contributed by atoms with E-state index >= 15 is 0 Å². The fraction of sp³-hybridized carbons (Fsp3) is 0.750. The van der Waals surface area contributed by atoms with E-state index in [2.05, 4.69) is 20.5 Å². The van der Waals surface area contributed by atoms with Gasteiger partial charge in [0.1, 0.15) is 5.69 Å². The van der Waals surface area contributed by atoms with E-state index in [1.54, 1.807) is 6.92 Å². The summed E-state index contributed by atoms with van der Waals surface area (Å²) in [4.78, 5) is 14.1. The van der Waals surface area contributed by atoms with Crippen molar-refractivity contribution in [3.05, 3.63) is 16.0 Å². The van der Waals surface area contributed by atoms with Gasteiger partial charge in [0.2, 0.25) is 5.95 Å². The molecular weight excluding hydrogens is 216 g/mol. The summed E-state index contributed by atoms with van der Waals surface area (Å²) in [6.07, 6.45) is 8.79. The van der Waals surface area contributed by atoms with Crippen LogP contribution in [-0.4, -0.2) is 21.2 Å². The number of hydrogen-bond acceptors (Lipinski definition) is 4. The van der Waals surface area contributed by atoms with Crippen LogP contribution in [0.1, 0.15) is 50.6 Å². The highest BCUT2D eigenvalue weighted by molar-refractivity contribution is 5.23. The van der Waals surface area contributed by atoms with Crippen molar-refractivity contribution < 1.29 is 0 Å². The molecule has 5 heteroatoms. The Hall–Kier alpha value is -1.39. The van der Waals surface area contributed by atoms with Crippen LogP contribution in [0, 0.1) is 6.92 Å². The Morgan fingerprint density at radius 3 is 2.41 bits per heavy atom. The first-order valence-corrected chi connectivity index (χ1v) is 6.46. The van der Waals surface area contributed by atoms with Crippen LogP contribution in [0.15, 0.2) is 4.79 Å². The van der Waals surface area contributed by atoms with E-state index in [9.17, 15) is 4.79 Å². The zero-order valence-corrected chi connectivity index (χ0v) is 10.3. The summed E-state index contributed by atoms with van der Waals surface area (Å²) in [6, 6.07) is 0.419. The predicted octanol–water partition coefficient (Wildman–Crippen LogP) is 2.00. The Bertz CT molecular complexity index is 407. The number of aromatic nitrogens is 3. The lowest BCUT2D eigenvalue weighted by atomic mass is 9.97. The number of hydrogen-bond donors (Lipinski definition) is 2. The maximum absolute atomic E-state index is 11.4. The molecule has 1 aliphatic carbocycles. The van der Waals surface area contributed by atoms with Crippen LogP contribution < -0.4 is 10.9 Å². The van der Waals surface area contributed by atoms with Crippen LogP contribution in [-0.2, 0) is 0 Å². The summed E-state index contributed by atoms with van der Waals surface area (Å²) in [5.74, 6) is 0.506. The van der Waals surface area contributed by atoms with Gasteiger partial charge in [-0.05, 0) is 19.8 Å². The predicted molar refractivity (Wildman–Crippen MR) is 67.1 cm³/mol. The number of H-pyrrole nitrogens is 1. The van der Waals surface area contributed by atoms with Gasteiger partial charge in [-0.25, -0.2) is 0 Å². The van der Waals surface area contributed by atoms with Crippen LogP contribution in [0.25, 0.3) is 0 Å². The van der Waals surface area contributed by atoms with E-state index in [1.165, 1.54) is 32.1 Å². The minimum atomic E-state index is -0.159. The van der Waals surface area contributed by atoms with Gasteiger partial charge in [0, 0.05) is 6.04 Å². The quantitative estimate of drug-likeness (QED) is 0.824. The lowest BCUT2D eigenvalue weighted by Gasteiger charge is -2.20. The molecule has 1 aromatic heterocycles. The van der Waals surface area contributed by atoms with Crippen molar-refractivity contribution in [3.8, 4) is 0 Å². The van der Waals surface area contributed by atoms with E-state index in [0.29, 0.717) is 17.7 Å². The molecule has 0 radical (unpaired) electrons. The summed E-state index contributed by atoms with van der Waals surface area (Å²) >= 11 is 0. The number of rotatable bonds is 2. The van der Waals surface area contributed by atoms with Gasteiger partial charge in [0.15, 0.2) is 0 Å². The summed E-state index contributed by atoms with van der Waals surface area (Å²) in [6.45, 7) is 1.66. The van der Waals surface area contributed by atoms with Crippen molar-refractivity contribution in [2.75, 3.05) is 5.32 Å². The molecule has 1 aliphatic rings. The second-order valence-corrected chi connectivity index (χ2v) is 4.77. The molecule has 0 aliphatic heterocycles. The fourth-order valence-corrected chi connectivity index (χ4v) is 2.25. The van der Waals surface area contributed by atoms with Crippen molar-refractivity contribution in [2.24, 2.45) is 0 Å². The highest BCUT2D eigenvalue weighted by atomic mass is 16.1. The van der Waals surface area contributed by atoms with Gasteiger partial charge in [-0.2, -0.15) is 0 Å². The summed E-state index contributed by atoms with van der Waals surface area (Å²) in [5.41, 5.74) is 0.251. The van der Waals surface area contributed by atoms with Crippen LogP contribution in [0.5, 0.6) is 0 Å². The number of aryl methyl sites for hydroxylation is 1. The Kier molecular flexibility index (Phi) is 4.12. The standard InChI is InChI=1S/C12H20N4O/c1-9-11(17)14-12(16-15-9)13-10-7-5-3-2-4-6-8-10/h10H,2-8H2,1H3,(H2,13,14,16,17). The van der Waals surface area contributed by atoms with Gasteiger partial charge in [-0.1, -0.05) is 32.1 Å². The molecule has 2 N–H and O–H groups in total. The van der Waals surface area contributed by atoms with Crippen molar-refractivity contribution in [3.63, 3.8) is 0 Å². The van der Waals surface area contributed by atoms with E-state index in [0.717, 1.165) is 12.8 Å². The lowest BCUT2D eigenvalue weighted by Crippen LogP contribution is -2.25. The zero-order chi connectivity index (χ0) is 12.1. The van der Waals surface area contributed by atoms with Gasteiger partial charge in [0.25, 0.3) is 5.56 Å². The minimum Gasteiger partial charge on any atom is -0.352 e. The molecule has 5 nitrogen and oxygen atoms in total. The maximum Gasteiger partial charge on any atom is 0.273 e. The molecule has 0 atom stereocenters. The molecule has 17 heavy (non-hydrogen) atoms.